The Morgan fingerprint density at radius 2 is 1.55 bits per heavy atom. The van der Waals surface area contributed by atoms with E-state index in [0.717, 1.165) is 38.9 Å². The molecule has 1 aromatic heterocycles. The summed E-state index contributed by atoms with van der Waals surface area (Å²) in [7, 11) is 0. The molecule has 3 heterocycles. The Morgan fingerprint density at radius 1 is 0.881 bits per heavy atom. The van der Waals surface area contributed by atoms with Crippen LogP contribution in [0.25, 0.3) is 10.9 Å². The molecule has 224 valence electrons. The summed E-state index contributed by atoms with van der Waals surface area (Å²) in [6.45, 7) is 8.43. The molecule has 42 heavy (non-hydrogen) atoms. The fourth-order valence-corrected chi connectivity index (χ4v) is 6.60. The third-order valence-corrected chi connectivity index (χ3v) is 8.63. The molecule has 2 fully saturated rings. The van der Waals surface area contributed by atoms with Gasteiger partial charge in [-0.3, -0.25) is 28.4 Å². The lowest BCUT2D eigenvalue weighted by molar-refractivity contribution is -0.134. The average Bonchev–Trinajstić information content (AvgIpc) is 2.98. The molecule has 0 aliphatic carbocycles. The summed E-state index contributed by atoms with van der Waals surface area (Å²) >= 11 is 0. The summed E-state index contributed by atoms with van der Waals surface area (Å²) < 4.78 is 2.61. The van der Waals surface area contributed by atoms with Gasteiger partial charge in [0.05, 0.1) is 10.9 Å². The molecule has 0 saturated carbocycles. The van der Waals surface area contributed by atoms with E-state index in [-0.39, 0.29) is 42.9 Å². The van der Waals surface area contributed by atoms with E-state index in [1.807, 2.05) is 11.0 Å². The van der Waals surface area contributed by atoms with Crippen LogP contribution < -0.4 is 16.6 Å². The normalized spacial score (nSPS) is 20.1. The molecule has 1 N–H and O–H groups in total. The van der Waals surface area contributed by atoms with Crippen LogP contribution in [0.4, 0.5) is 0 Å². The number of piperidine rings is 2. The van der Waals surface area contributed by atoms with Gasteiger partial charge < -0.3 is 10.2 Å². The molecule has 2 saturated heterocycles. The number of hydrogen-bond acceptors (Lipinski definition) is 5. The topological polar surface area (TPSA) is 96.7 Å². The number of hydrogen-bond donors (Lipinski definition) is 1. The van der Waals surface area contributed by atoms with Crippen LogP contribution in [0.3, 0.4) is 0 Å². The third kappa shape index (κ3) is 7.18. The van der Waals surface area contributed by atoms with Crippen LogP contribution in [0, 0.1) is 11.8 Å². The van der Waals surface area contributed by atoms with Gasteiger partial charge in [0.25, 0.3) is 5.56 Å². The molecule has 0 spiro atoms. The van der Waals surface area contributed by atoms with E-state index in [4.69, 9.17) is 0 Å². The fraction of sp³-hybridized carbons (Fsp3) is 0.515. The number of nitrogens with one attached hydrogen (secondary N) is 1. The van der Waals surface area contributed by atoms with E-state index in [0.29, 0.717) is 42.2 Å². The zero-order valence-electron chi connectivity index (χ0n) is 24.8. The maximum Gasteiger partial charge on any atom is 0.331 e. The van der Waals surface area contributed by atoms with E-state index >= 15 is 0 Å². The Bertz CT molecular complexity index is 1500. The highest BCUT2D eigenvalue weighted by Gasteiger charge is 2.27. The van der Waals surface area contributed by atoms with Crippen molar-refractivity contribution >= 4 is 22.7 Å². The second-order valence-electron chi connectivity index (χ2n) is 12.3. The molecule has 0 radical (unpaired) electrons. The maximum atomic E-state index is 13.6. The van der Waals surface area contributed by atoms with Gasteiger partial charge in [-0.25, -0.2) is 4.79 Å². The molecule has 2 atom stereocenters. The van der Waals surface area contributed by atoms with Gasteiger partial charge in [-0.2, -0.15) is 0 Å². The van der Waals surface area contributed by atoms with E-state index in [1.54, 1.807) is 24.3 Å². The lowest BCUT2D eigenvalue weighted by Crippen LogP contribution is -2.47. The summed E-state index contributed by atoms with van der Waals surface area (Å²) in [4.78, 5) is 57.1. The molecule has 2 amide bonds. The van der Waals surface area contributed by atoms with Crippen LogP contribution in [-0.4, -0.2) is 63.0 Å². The molecule has 2 aromatic carbocycles. The van der Waals surface area contributed by atoms with Crippen molar-refractivity contribution in [1.82, 2.24) is 24.3 Å². The van der Waals surface area contributed by atoms with Crippen LogP contribution in [0.2, 0.25) is 0 Å². The van der Waals surface area contributed by atoms with Gasteiger partial charge in [-0.1, -0.05) is 56.3 Å². The first kappa shape index (κ1) is 29.8. The van der Waals surface area contributed by atoms with Crippen molar-refractivity contribution in [3.8, 4) is 0 Å². The summed E-state index contributed by atoms with van der Waals surface area (Å²) in [6.07, 6.45) is 3.47. The van der Waals surface area contributed by atoms with Crippen molar-refractivity contribution in [2.24, 2.45) is 11.8 Å². The second kappa shape index (κ2) is 13.5. The van der Waals surface area contributed by atoms with Gasteiger partial charge in [-0.05, 0) is 55.2 Å². The highest BCUT2D eigenvalue weighted by Crippen LogP contribution is 2.21. The predicted octanol–water partition coefficient (Wildman–Crippen LogP) is 3.23. The summed E-state index contributed by atoms with van der Waals surface area (Å²) in [5, 5.41) is 3.54. The molecule has 5 rings (SSSR count). The van der Waals surface area contributed by atoms with E-state index < -0.39 is 5.69 Å². The highest BCUT2D eigenvalue weighted by molar-refractivity contribution is 5.81. The zero-order chi connectivity index (χ0) is 29.6. The first-order valence-corrected chi connectivity index (χ1v) is 15.3. The lowest BCUT2D eigenvalue weighted by atomic mass is 9.92. The standard InChI is InChI=1S/C33H43N5O4/c1-24-19-25(2)21-36(20-24)31(40)23-38-29-12-7-6-11-28(29)32(41)37(33(38)42)16-8-13-30(39)34-27-14-17-35(18-15-27)22-26-9-4-3-5-10-26/h3-7,9-12,24-25,27H,8,13-23H2,1-2H3,(H,34,39)/t24-,25-/m0/s1. The SMILES string of the molecule is C[C@H]1C[C@H](C)CN(C(=O)Cn2c(=O)n(CCCC(=O)NC3CCN(Cc4ccccc4)CC3)c(=O)c3ccccc32)C1. The minimum atomic E-state index is -0.503. The molecular formula is C33H43N5O4. The van der Waals surface area contributed by atoms with Gasteiger partial charge in [0.15, 0.2) is 0 Å². The highest BCUT2D eigenvalue weighted by atomic mass is 16.2. The molecule has 9 heteroatoms. The molecule has 0 bridgehead atoms. The minimum absolute atomic E-state index is 0.0609. The van der Waals surface area contributed by atoms with Gasteiger partial charge >= 0.3 is 5.69 Å². The van der Waals surface area contributed by atoms with Crippen molar-refractivity contribution in [1.29, 1.82) is 0 Å². The van der Waals surface area contributed by atoms with Gasteiger partial charge in [0.2, 0.25) is 11.8 Å². The average molecular weight is 574 g/mol. The smallest absolute Gasteiger partial charge is 0.331 e. The summed E-state index contributed by atoms with van der Waals surface area (Å²) in [5.74, 6) is 0.649. The van der Waals surface area contributed by atoms with Crippen molar-refractivity contribution < 1.29 is 9.59 Å². The van der Waals surface area contributed by atoms with Crippen molar-refractivity contribution in [2.75, 3.05) is 26.2 Å². The quantitative estimate of drug-likeness (QED) is 0.424. The van der Waals surface area contributed by atoms with Crippen molar-refractivity contribution in [3.05, 3.63) is 81.0 Å². The van der Waals surface area contributed by atoms with Gasteiger partial charge in [0, 0.05) is 51.7 Å². The number of amides is 2. The number of para-hydroxylation sites is 1. The van der Waals surface area contributed by atoms with Crippen LogP contribution in [-0.2, 0) is 29.2 Å². The Morgan fingerprint density at radius 3 is 2.26 bits per heavy atom. The summed E-state index contributed by atoms with van der Waals surface area (Å²) in [6, 6.07) is 17.5. The third-order valence-electron chi connectivity index (χ3n) is 8.63. The number of fused-ring (bicyclic) bond motifs is 1. The number of aromatic nitrogens is 2. The number of likely N-dealkylation sites (tertiary alicyclic amines) is 2. The minimum Gasteiger partial charge on any atom is -0.353 e. The van der Waals surface area contributed by atoms with Crippen molar-refractivity contribution in [3.63, 3.8) is 0 Å². The molecule has 3 aromatic rings. The monoisotopic (exact) mass is 573 g/mol. The number of carbonyl (C=O) groups excluding carboxylic acids is 2. The van der Waals surface area contributed by atoms with Crippen LogP contribution in [0.15, 0.2) is 64.2 Å². The molecule has 2 aliphatic heterocycles. The van der Waals surface area contributed by atoms with E-state index in [2.05, 4.69) is 48.3 Å². The number of carbonyl (C=O) groups is 2. The Kier molecular flexibility index (Phi) is 9.57. The van der Waals surface area contributed by atoms with Crippen LogP contribution in [0.1, 0.15) is 51.5 Å². The van der Waals surface area contributed by atoms with E-state index in [1.165, 1.54) is 14.7 Å². The molecule has 9 nitrogen and oxygen atoms in total. The van der Waals surface area contributed by atoms with Crippen LogP contribution >= 0.6 is 0 Å². The largest absolute Gasteiger partial charge is 0.353 e. The molecule has 2 aliphatic rings. The predicted molar refractivity (Wildman–Crippen MR) is 164 cm³/mol. The number of rotatable bonds is 9. The summed E-state index contributed by atoms with van der Waals surface area (Å²) in [5.41, 5.74) is 0.872. The lowest BCUT2D eigenvalue weighted by Gasteiger charge is -2.35. The number of benzene rings is 2. The molecular weight excluding hydrogens is 530 g/mol. The maximum absolute atomic E-state index is 13.6. The Balaban J connectivity index is 1.19. The fourth-order valence-electron chi connectivity index (χ4n) is 6.60. The first-order valence-electron chi connectivity index (χ1n) is 15.3. The molecule has 0 unspecified atom stereocenters. The number of nitrogens with zero attached hydrogens (tertiary/aromatic N) is 4. The Labute approximate surface area is 247 Å². The van der Waals surface area contributed by atoms with E-state index in [9.17, 15) is 19.2 Å². The van der Waals surface area contributed by atoms with Gasteiger partial charge in [-0.15, -0.1) is 0 Å². The van der Waals surface area contributed by atoms with Gasteiger partial charge in [0.1, 0.15) is 6.54 Å². The van der Waals surface area contributed by atoms with Crippen molar-refractivity contribution in [2.45, 2.75) is 71.6 Å². The van der Waals surface area contributed by atoms with Crippen LogP contribution in [0.5, 0.6) is 0 Å². The second-order valence-corrected chi connectivity index (χ2v) is 12.3. The zero-order valence-corrected chi connectivity index (χ0v) is 24.8. The Hall–Kier alpha value is -3.72. The first-order chi connectivity index (χ1) is 20.3.